The van der Waals surface area contributed by atoms with E-state index < -0.39 is 0 Å². The summed E-state index contributed by atoms with van der Waals surface area (Å²) in [5.41, 5.74) is 1.01. The molecule has 5 nitrogen and oxygen atoms in total. The summed E-state index contributed by atoms with van der Waals surface area (Å²) in [6.45, 7) is 0.611. The van der Waals surface area contributed by atoms with Crippen molar-refractivity contribution in [2.75, 3.05) is 12.4 Å². The number of benzene rings is 1. The van der Waals surface area contributed by atoms with Gasteiger partial charge in [-0.3, -0.25) is 0 Å². The topological polar surface area (TPSA) is 63.7 Å². The quantitative estimate of drug-likeness (QED) is 0.318. The molecule has 3 aromatic rings. The number of thioether (sulfide) groups is 1. The lowest BCUT2D eigenvalue weighted by Gasteiger charge is -2.25. The normalized spacial score (nSPS) is 14.5. The Bertz CT molecular complexity index is 954. The Labute approximate surface area is 186 Å². The lowest BCUT2D eigenvalue weighted by Crippen LogP contribution is -2.17. The van der Waals surface area contributed by atoms with Crippen LogP contribution in [0.4, 0.5) is 0 Å². The molecule has 0 unspecified atom stereocenters. The van der Waals surface area contributed by atoms with Crippen molar-refractivity contribution in [1.82, 2.24) is 14.8 Å². The van der Waals surface area contributed by atoms with Crippen LogP contribution in [0, 0.1) is 11.3 Å². The Morgan fingerprint density at radius 2 is 1.97 bits per heavy atom. The van der Waals surface area contributed by atoms with Gasteiger partial charge in [0.25, 0.3) is 0 Å². The second-order valence-corrected chi connectivity index (χ2v) is 9.59. The summed E-state index contributed by atoms with van der Waals surface area (Å²) in [5.74, 6) is 2.74. The highest BCUT2D eigenvalue weighted by atomic mass is 32.2. The van der Waals surface area contributed by atoms with Crippen molar-refractivity contribution in [2.45, 2.75) is 56.1 Å². The minimum absolute atomic E-state index is 0.431. The molecule has 0 aliphatic heterocycles. The lowest BCUT2D eigenvalue weighted by atomic mass is 9.95. The molecule has 0 bridgehead atoms. The van der Waals surface area contributed by atoms with Gasteiger partial charge in [0.1, 0.15) is 11.6 Å². The van der Waals surface area contributed by atoms with Gasteiger partial charge in [-0.25, -0.2) is 0 Å². The molecule has 1 aromatic carbocycles. The van der Waals surface area contributed by atoms with Crippen LogP contribution in [0.15, 0.2) is 46.9 Å². The molecule has 0 radical (unpaired) electrons. The summed E-state index contributed by atoms with van der Waals surface area (Å²) in [7, 11) is 0. The predicted molar refractivity (Wildman–Crippen MR) is 121 cm³/mol. The van der Waals surface area contributed by atoms with Crippen molar-refractivity contribution in [3.05, 3.63) is 58.0 Å². The Kier molecular flexibility index (Phi) is 7.44. The molecule has 7 heteroatoms. The third-order valence-electron chi connectivity index (χ3n) is 5.38. The number of nitriles is 1. The number of rotatable bonds is 9. The van der Waals surface area contributed by atoms with Gasteiger partial charge in [-0.15, -0.1) is 21.5 Å². The molecule has 0 N–H and O–H groups in total. The van der Waals surface area contributed by atoms with Crippen molar-refractivity contribution < 1.29 is 4.74 Å². The Hall–Kier alpha value is -2.30. The first kappa shape index (κ1) is 21.0. The van der Waals surface area contributed by atoms with E-state index in [1.165, 1.54) is 37.0 Å². The highest BCUT2D eigenvalue weighted by Gasteiger charge is 2.23. The minimum Gasteiger partial charge on any atom is -0.493 e. The molecule has 1 aliphatic carbocycles. The van der Waals surface area contributed by atoms with E-state index in [9.17, 15) is 0 Å². The monoisotopic (exact) mass is 438 g/mol. The van der Waals surface area contributed by atoms with Gasteiger partial charge in [0.05, 0.1) is 19.1 Å². The highest BCUT2D eigenvalue weighted by Crippen LogP contribution is 2.33. The SMILES string of the molecule is N#CCc1ccc(OCCSc2nnc(Cc3cccs3)n2C2CCCCC2)cc1. The van der Waals surface area contributed by atoms with Crippen molar-refractivity contribution in [3.63, 3.8) is 0 Å². The van der Waals surface area contributed by atoms with E-state index in [0.717, 1.165) is 34.5 Å². The van der Waals surface area contributed by atoms with E-state index in [0.29, 0.717) is 19.1 Å². The number of thiophene rings is 1. The zero-order valence-corrected chi connectivity index (χ0v) is 18.6. The van der Waals surface area contributed by atoms with Crippen molar-refractivity contribution in [2.24, 2.45) is 0 Å². The van der Waals surface area contributed by atoms with Crippen molar-refractivity contribution in [3.8, 4) is 11.8 Å². The molecule has 2 heterocycles. The van der Waals surface area contributed by atoms with Crippen LogP contribution >= 0.6 is 23.1 Å². The van der Waals surface area contributed by atoms with Gasteiger partial charge >= 0.3 is 0 Å². The fourth-order valence-electron chi connectivity index (χ4n) is 3.89. The van der Waals surface area contributed by atoms with Crippen LogP contribution in [-0.2, 0) is 12.8 Å². The molecule has 1 aliphatic rings. The van der Waals surface area contributed by atoms with Crippen LogP contribution in [0.2, 0.25) is 0 Å². The molecule has 1 saturated carbocycles. The second kappa shape index (κ2) is 10.6. The third kappa shape index (κ3) is 5.44. The van der Waals surface area contributed by atoms with E-state index >= 15 is 0 Å². The van der Waals surface area contributed by atoms with E-state index in [2.05, 4.69) is 38.3 Å². The molecule has 156 valence electrons. The summed E-state index contributed by atoms with van der Waals surface area (Å²) in [5, 5.41) is 21.0. The van der Waals surface area contributed by atoms with Gasteiger partial charge in [-0.2, -0.15) is 5.26 Å². The number of nitrogens with zero attached hydrogens (tertiary/aromatic N) is 4. The first-order valence-electron chi connectivity index (χ1n) is 10.5. The van der Waals surface area contributed by atoms with Crippen LogP contribution in [0.3, 0.4) is 0 Å². The molecule has 4 rings (SSSR count). The zero-order chi connectivity index (χ0) is 20.6. The van der Waals surface area contributed by atoms with Gasteiger partial charge in [-0.1, -0.05) is 49.2 Å². The van der Waals surface area contributed by atoms with E-state index in [4.69, 9.17) is 10.00 Å². The molecule has 1 fully saturated rings. The van der Waals surface area contributed by atoms with Crippen LogP contribution in [-0.4, -0.2) is 27.1 Å². The van der Waals surface area contributed by atoms with E-state index in [-0.39, 0.29) is 0 Å². The number of aromatic nitrogens is 3. The minimum atomic E-state index is 0.431. The number of ether oxygens (including phenoxy) is 1. The Morgan fingerprint density at radius 1 is 1.13 bits per heavy atom. The van der Waals surface area contributed by atoms with Crippen molar-refractivity contribution >= 4 is 23.1 Å². The maximum absolute atomic E-state index is 8.76. The maximum Gasteiger partial charge on any atom is 0.191 e. The molecule has 0 spiro atoms. The van der Waals surface area contributed by atoms with Crippen LogP contribution in [0.5, 0.6) is 5.75 Å². The molecule has 0 saturated heterocycles. The predicted octanol–water partition coefficient (Wildman–Crippen LogP) is 5.67. The van der Waals surface area contributed by atoms with Crippen LogP contribution < -0.4 is 4.74 Å². The number of hydrogen-bond donors (Lipinski definition) is 0. The summed E-state index contributed by atoms with van der Waals surface area (Å²) >= 11 is 3.51. The molecule has 0 amide bonds. The third-order valence-corrected chi connectivity index (χ3v) is 7.16. The maximum atomic E-state index is 8.76. The van der Waals surface area contributed by atoms with Gasteiger partial charge in [0.2, 0.25) is 0 Å². The van der Waals surface area contributed by atoms with Gasteiger partial charge in [0.15, 0.2) is 5.16 Å². The molecular formula is C23H26N4OS2. The summed E-state index contributed by atoms with van der Waals surface area (Å²) < 4.78 is 8.28. The average molecular weight is 439 g/mol. The molecular weight excluding hydrogens is 412 g/mol. The second-order valence-electron chi connectivity index (χ2n) is 7.49. The average Bonchev–Trinajstić information content (AvgIpc) is 3.43. The fraction of sp³-hybridized carbons (Fsp3) is 0.435. The van der Waals surface area contributed by atoms with Gasteiger partial charge in [0, 0.05) is 23.1 Å². The fourth-order valence-corrected chi connectivity index (χ4v) is 5.43. The Balaban J connectivity index is 1.38. The van der Waals surface area contributed by atoms with Crippen molar-refractivity contribution in [1.29, 1.82) is 5.26 Å². The highest BCUT2D eigenvalue weighted by molar-refractivity contribution is 7.99. The van der Waals surface area contributed by atoms with E-state index in [1.807, 2.05) is 24.3 Å². The first-order chi connectivity index (χ1) is 14.8. The smallest absolute Gasteiger partial charge is 0.191 e. The van der Waals surface area contributed by atoms with Crippen LogP contribution in [0.25, 0.3) is 0 Å². The lowest BCUT2D eigenvalue weighted by molar-refractivity contribution is 0.329. The van der Waals surface area contributed by atoms with Gasteiger partial charge < -0.3 is 9.30 Å². The van der Waals surface area contributed by atoms with Gasteiger partial charge in [-0.05, 0) is 42.0 Å². The molecule has 0 atom stereocenters. The standard InChI is InChI=1S/C23H26N4OS2/c24-13-12-18-8-10-20(11-9-18)28-14-16-30-23-26-25-22(17-21-7-4-15-29-21)27(23)19-5-2-1-3-6-19/h4,7-11,15,19H,1-3,5-6,12,14,16-17H2. The summed E-state index contributed by atoms with van der Waals surface area (Å²) in [6, 6.07) is 14.7. The Morgan fingerprint density at radius 3 is 2.70 bits per heavy atom. The molecule has 2 aromatic heterocycles. The summed E-state index contributed by atoms with van der Waals surface area (Å²) in [6.07, 6.45) is 7.63. The number of hydrogen-bond acceptors (Lipinski definition) is 6. The zero-order valence-electron chi connectivity index (χ0n) is 17.0. The summed E-state index contributed by atoms with van der Waals surface area (Å²) in [4.78, 5) is 1.33. The van der Waals surface area contributed by atoms with Crippen LogP contribution in [0.1, 0.15) is 54.4 Å². The molecule has 30 heavy (non-hydrogen) atoms. The largest absolute Gasteiger partial charge is 0.493 e. The first-order valence-corrected chi connectivity index (χ1v) is 12.4. The van der Waals surface area contributed by atoms with E-state index in [1.54, 1.807) is 23.1 Å².